The number of aryl methyl sites for hydroxylation is 1. The van der Waals surface area contributed by atoms with Crippen LogP contribution in [0.3, 0.4) is 0 Å². The van der Waals surface area contributed by atoms with Gasteiger partial charge in [0.05, 0.1) is 24.3 Å². The quantitative estimate of drug-likeness (QED) is 0.532. The molecule has 0 saturated heterocycles. The lowest BCUT2D eigenvalue weighted by Crippen LogP contribution is -2.08. The Morgan fingerprint density at radius 3 is 2.93 bits per heavy atom. The molecule has 4 heterocycles. The molecule has 0 aliphatic heterocycles. The molecule has 4 aromatic rings. The molecule has 0 aromatic carbocycles. The molecule has 9 nitrogen and oxygen atoms in total. The number of methoxy groups -OCH3 is 1. The minimum absolute atomic E-state index is 0.288. The molecule has 0 bridgehead atoms. The molecule has 0 saturated carbocycles. The first-order valence-electron chi connectivity index (χ1n) is 8.50. The zero-order valence-electron chi connectivity index (χ0n) is 15.1. The van der Waals surface area contributed by atoms with E-state index in [9.17, 15) is 0 Å². The molecule has 0 radical (unpaired) electrons. The van der Waals surface area contributed by atoms with E-state index in [1.165, 1.54) is 0 Å². The normalized spacial score (nSPS) is 11.2. The molecule has 0 amide bonds. The van der Waals surface area contributed by atoms with Crippen molar-refractivity contribution in [1.29, 1.82) is 0 Å². The van der Waals surface area contributed by atoms with Crippen LogP contribution in [0.5, 0.6) is 0 Å². The Morgan fingerprint density at radius 2 is 2.11 bits per heavy atom. The van der Waals surface area contributed by atoms with E-state index in [1.807, 2.05) is 37.4 Å². The van der Waals surface area contributed by atoms with Crippen LogP contribution >= 0.6 is 0 Å². The highest BCUT2D eigenvalue weighted by Crippen LogP contribution is 2.23. The summed E-state index contributed by atoms with van der Waals surface area (Å²) >= 11 is 0. The number of rotatable bonds is 7. The fourth-order valence-electron chi connectivity index (χ4n) is 2.85. The Balaban J connectivity index is 1.61. The first-order chi connectivity index (χ1) is 13.2. The zero-order chi connectivity index (χ0) is 18.6. The fourth-order valence-corrected chi connectivity index (χ4v) is 2.85. The molecule has 138 valence electrons. The fraction of sp³-hybridized carbons (Fsp3) is 0.278. The van der Waals surface area contributed by atoms with Gasteiger partial charge in [0.25, 0.3) is 5.89 Å². The van der Waals surface area contributed by atoms with Gasteiger partial charge in [-0.25, -0.2) is 9.97 Å². The molecule has 4 aromatic heterocycles. The second-order valence-electron chi connectivity index (χ2n) is 6.01. The molecular weight excluding hydrogens is 346 g/mol. The van der Waals surface area contributed by atoms with Crippen LogP contribution < -0.4 is 5.32 Å². The van der Waals surface area contributed by atoms with E-state index in [2.05, 4.69) is 35.0 Å². The summed E-state index contributed by atoms with van der Waals surface area (Å²) in [4.78, 5) is 17.7. The van der Waals surface area contributed by atoms with Gasteiger partial charge in [0.15, 0.2) is 11.6 Å². The van der Waals surface area contributed by atoms with Gasteiger partial charge in [-0.3, -0.25) is 4.98 Å². The number of pyridine rings is 1. The van der Waals surface area contributed by atoms with Crippen molar-refractivity contribution in [2.24, 2.45) is 0 Å². The summed E-state index contributed by atoms with van der Waals surface area (Å²) < 4.78 is 12.2. The minimum Gasteiger partial charge on any atom is -0.375 e. The van der Waals surface area contributed by atoms with Crippen LogP contribution in [0.4, 0.5) is 5.82 Å². The Bertz CT molecular complexity index is 1040. The van der Waals surface area contributed by atoms with Gasteiger partial charge < -0.3 is 19.1 Å². The maximum atomic E-state index is 5.12. The van der Waals surface area contributed by atoms with Crippen LogP contribution in [0.25, 0.3) is 11.0 Å². The van der Waals surface area contributed by atoms with Crippen LogP contribution in [0.1, 0.15) is 23.2 Å². The molecular formula is C18H19N7O2. The largest absolute Gasteiger partial charge is 0.375 e. The second kappa shape index (κ2) is 7.50. The number of nitrogens with one attached hydrogen (secondary N) is 1. The molecule has 27 heavy (non-hydrogen) atoms. The molecule has 0 spiro atoms. The van der Waals surface area contributed by atoms with E-state index in [1.54, 1.807) is 13.3 Å². The van der Waals surface area contributed by atoms with Gasteiger partial charge in [-0.2, -0.15) is 4.98 Å². The van der Waals surface area contributed by atoms with E-state index in [0.717, 1.165) is 22.5 Å². The topological polar surface area (TPSA) is 104 Å². The lowest BCUT2D eigenvalue weighted by atomic mass is 10.3. The van der Waals surface area contributed by atoms with Crippen molar-refractivity contribution in [3.05, 3.63) is 59.9 Å². The summed E-state index contributed by atoms with van der Waals surface area (Å²) in [6.07, 6.45) is 3.78. The van der Waals surface area contributed by atoms with Crippen molar-refractivity contribution >= 4 is 16.9 Å². The third-order valence-electron chi connectivity index (χ3n) is 3.97. The monoisotopic (exact) mass is 365 g/mol. The zero-order valence-corrected chi connectivity index (χ0v) is 15.1. The number of fused-ring (bicyclic) bond motifs is 1. The van der Waals surface area contributed by atoms with Gasteiger partial charge in [0.1, 0.15) is 17.9 Å². The van der Waals surface area contributed by atoms with Gasteiger partial charge >= 0.3 is 0 Å². The van der Waals surface area contributed by atoms with E-state index in [4.69, 9.17) is 9.26 Å². The van der Waals surface area contributed by atoms with Crippen LogP contribution in [-0.2, 0) is 24.4 Å². The highest BCUT2D eigenvalue weighted by atomic mass is 16.5. The summed E-state index contributed by atoms with van der Waals surface area (Å²) in [5.41, 5.74) is 2.74. The van der Waals surface area contributed by atoms with Crippen LogP contribution in [0.15, 0.2) is 41.2 Å². The summed E-state index contributed by atoms with van der Waals surface area (Å²) in [5.74, 6) is 2.39. The molecule has 0 atom stereocenters. The first kappa shape index (κ1) is 17.1. The summed E-state index contributed by atoms with van der Waals surface area (Å²) in [6.45, 7) is 3.17. The standard InChI is InChI=1S/C18H19N7O2/c1-12-21-14-6-8-25(10-13-5-3-4-7-19-13)17(14)18(22-12)20-9-15-23-16(11-26-2)27-24-15/h3-8H,9-11H2,1-2H3,(H,20,21,22). The SMILES string of the molecule is COCc1nc(CNc2nc(C)nc3ccn(Cc4ccccn4)c23)no1. The van der Waals surface area contributed by atoms with Crippen molar-refractivity contribution in [3.8, 4) is 0 Å². The number of nitrogens with zero attached hydrogens (tertiary/aromatic N) is 6. The number of anilines is 1. The third kappa shape index (κ3) is 3.77. The van der Waals surface area contributed by atoms with Crippen molar-refractivity contribution in [1.82, 2.24) is 29.7 Å². The highest BCUT2D eigenvalue weighted by molar-refractivity contribution is 5.86. The lowest BCUT2D eigenvalue weighted by Gasteiger charge is -2.10. The second-order valence-corrected chi connectivity index (χ2v) is 6.01. The average Bonchev–Trinajstić information content (AvgIpc) is 3.28. The number of hydrogen-bond donors (Lipinski definition) is 1. The summed E-state index contributed by atoms with van der Waals surface area (Å²) in [6, 6.07) is 7.84. The number of aromatic nitrogens is 6. The Kier molecular flexibility index (Phi) is 4.75. The third-order valence-corrected chi connectivity index (χ3v) is 3.97. The van der Waals surface area contributed by atoms with Crippen molar-refractivity contribution in [3.63, 3.8) is 0 Å². The molecule has 1 N–H and O–H groups in total. The van der Waals surface area contributed by atoms with E-state index < -0.39 is 0 Å². The van der Waals surface area contributed by atoms with Gasteiger partial charge in [-0.05, 0) is 25.1 Å². The van der Waals surface area contributed by atoms with Crippen LogP contribution in [0, 0.1) is 6.92 Å². The highest BCUT2D eigenvalue weighted by Gasteiger charge is 2.13. The Hall–Kier alpha value is -3.33. The minimum atomic E-state index is 0.288. The Morgan fingerprint density at radius 1 is 1.19 bits per heavy atom. The summed E-state index contributed by atoms with van der Waals surface area (Å²) in [5, 5.41) is 7.24. The Labute approximate surface area is 155 Å². The molecule has 9 heteroatoms. The smallest absolute Gasteiger partial charge is 0.252 e. The van der Waals surface area contributed by atoms with Gasteiger partial charge in [0, 0.05) is 19.5 Å². The van der Waals surface area contributed by atoms with Crippen molar-refractivity contribution in [2.75, 3.05) is 12.4 Å². The maximum absolute atomic E-state index is 5.12. The maximum Gasteiger partial charge on any atom is 0.252 e. The predicted molar refractivity (Wildman–Crippen MR) is 97.9 cm³/mol. The number of ether oxygens (including phenoxy) is 1. The van der Waals surface area contributed by atoms with Crippen LogP contribution in [0.2, 0.25) is 0 Å². The van der Waals surface area contributed by atoms with E-state index >= 15 is 0 Å². The first-order valence-corrected chi connectivity index (χ1v) is 8.50. The van der Waals surface area contributed by atoms with E-state index in [-0.39, 0.29) is 6.61 Å². The van der Waals surface area contributed by atoms with Crippen molar-refractivity contribution in [2.45, 2.75) is 26.6 Å². The van der Waals surface area contributed by atoms with E-state index in [0.29, 0.717) is 30.6 Å². The molecule has 0 aliphatic carbocycles. The van der Waals surface area contributed by atoms with Gasteiger partial charge in [-0.1, -0.05) is 11.2 Å². The molecule has 0 aliphatic rings. The molecule has 0 unspecified atom stereocenters. The number of hydrogen-bond acceptors (Lipinski definition) is 8. The van der Waals surface area contributed by atoms with Crippen molar-refractivity contribution < 1.29 is 9.26 Å². The molecule has 0 fully saturated rings. The average molecular weight is 365 g/mol. The van der Waals surface area contributed by atoms with Gasteiger partial charge in [-0.15, -0.1) is 0 Å². The summed E-state index contributed by atoms with van der Waals surface area (Å²) in [7, 11) is 1.58. The van der Waals surface area contributed by atoms with Gasteiger partial charge in [0.2, 0.25) is 0 Å². The lowest BCUT2D eigenvalue weighted by molar-refractivity contribution is 0.151. The molecule has 4 rings (SSSR count). The van der Waals surface area contributed by atoms with Crippen LogP contribution in [-0.4, -0.2) is 36.8 Å². The predicted octanol–water partition coefficient (Wildman–Crippen LogP) is 2.32.